The van der Waals surface area contributed by atoms with Gasteiger partial charge in [-0.1, -0.05) is 0 Å². The number of amides is 2. The molecule has 14 nitrogen and oxygen atoms in total. The van der Waals surface area contributed by atoms with E-state index in [1.54, 1.807) is 90.8 Å². The Bertz CT molecular complexity index is 2680. The molecule has 6 heterocycles. The van der Waals surface area contributed by atoms with E-state index < -0.39 is 0 Å². The van der Waals surface area contributed by atoms with Crippen LogP contribution in [0.1, 0.15) is 79.2 Å². The molecule has 0 fully saturated rings. The molecule has 20 heteroatoms. The summed E-state index contributed by atoms with van der Waals surface area (Å²) in [7, 11) is 6.72. The van der Waals surface area contributed by atoms with Crippen molar-refractivity contribution in [3.05, 3.63) is 97.0 Å². The molecule has 0 bridgehead atoms. The molecule has 8 rings (SSSR count). The first-order valence-corrected chi connectivity index (χ1v) is 24.6. The first-order chi connectivity index (χ1) is 30.0. The Morgan fingerprint density at radius 3 is 1.56 bits per heavy atom. The number of carbonyl (C=O) groups is 2. The molecule has 4 aromatic heterocycles. The third-order valence-electron chi connectivity index (χ3n) is 10.4. The number of nitriles is 1. The number of thiophene rings is 2. The fourth-order valence-corrected chi connectivity index (χ4v) is 8.28. The number of carbonyl (C=O) groups excluding carboxylic acids is 2. The van der Waals surface area contributed by atoms with Gasteiger partial charge in [0.2, 0.25) is 0 Å². The van der Waals surface area contributed by atoms with Crippen molar-refractivity contribution < 1.29 is 58.4 Å². The van der Waals surface area contributed by atoms with Crippen LogP contribution in [0.25, 0.3) is 33.9 Å². The number of aromatic nitrogens is 4. The molecule has 6 aromatic rings. The first kappa shape index (κ1) is 52.3. The van der Waals surface area contributed by atoms with Crippen LogP contribution in [0.15, 0.2) is 62.4 Å². The predicted molar refractivity (Wildman–Crippen MR) is 251 cm³/mol. The van der Waals surface area contributed by atoms with Gasteiger partial charge in [-0.05, 0) is 92.5 Å². The van der Waals surface area contributed by atoms with Crippen LogP contribution in [0, 0.1) is 23.2 Å². The van der Waals surface area contributed by atoms with Gasteiger partial charge in [-0.25, -0.2) is 9.36 Å². The molecular formula is C44H44BrCu2IN8O6S2. The first-order valence-electron chi connectivity index (χ1n) is 18.9. The van der Waals surface area contributed by atoms with Crippen molar-refractivity contribution in [1.82, 2.24) is 29.4 Å². The van der Waals surface area contributed by atoms with E-state index in [9.17, 15) is 14.9 Å². The van der Waals surface area contributed by atoms with Gasteiger partial charge in [-0.2, -0.15) is 38.1 Å². The molecule has 2 amide bonds. The Morgan fingerprint density at radius 2 is 1.20 bits per heavy atom. The second-order valence-corrected chi connectivity index (χ2v) is 18.3. The molecule has 0 saturated carbocycles. The van der Waals surface area contributed by atoms with E-state index in [4.69, 9.17) is 41.0 Å². The van der Waals surface area contributed by atoms with Crippen LogP contribution in [0.3, 0.4) is 0 Å². The summed E-state index contributed by atoms with van der Waals surface area (Å²) in [6.07, 6.45) is 0. The second-order valence-electron chi connectivity index (χ2n) is 15.9. The molecule has 2 aliphatic rings. The van der Waals surface area contributed by atoms with Crippen LogP contribution < -0.4 is 18.9 Å². The van der Waals surface area contributed by atoms with E-state index in [1.807, 2.05) is 92.0 Å². The van der Waals surface area contributed by atoms with E-state index in [2.05, 4.69) is 34.8 Å². The van der Waals surface area contributed by atoms with Gasteiger partial charge < -0.3 is 40.6 Å². The van der Waals surface area contributed by atoms with Gasteiger partial charge in [-0.3, -0.25) is 9.59 Å². The van der Waals surface area contributed by atoms with Crippen molar-refractivity contribution >= 4 is 70.8 Å². The Morgan fingerprint density at radius 1 is 0.797 bits per heavy atom. The summed E-state index contributed by atoms with van der Waals surface area (Å²) in [5, 5.41) is 33.2. The molecule has 0 atom stereocenters. The van der Waals surface area contributed by atoms with Crippen molar-refractivity contribution in [2.45, 2.75) is 65.8 Å². The summed E-state index contributed by atoms with van der Waals surface area (Å²) >= 11 is 12.6. The molecule has 0 radical (unpaired) electrons. The standard InChI is InChI=1S/C22H22N4O3S.C21H22BrN3O3S.CN.2Cu.HI/c1-22(2,3)25(4)21(27)19-16-11-29-18-9-17(28-5)13(10-23)8-15(18)20(16)26(24-19)14-6-7-30-12-14;1-21(2,3)24(4)20(26)18-14-10-28-16-9-17(27-5)15(22)8-13(16)19(14)25(23-18)12-6-7-29-11-12;1-2;;;/h6-9,12H,11H2,1-5H3;6-9,11H,10H2,1-5H3;;;;1H/q;;-1;2*+1;/p-1. The van der Waals surface area contributed by atoms with Crippen molar-refractivity contribution in [3.63, 3.8) is 0 Å². The number of rotatable bonds is 6. The van der Waals surface area contributed by atoms with Gasteiger partial charge in [0, 0.05) is 70.3 Å². The molecule has 0 unspecified atom stereocenters. The third-order valence-corrected chi connectivity index (χ3v) is 12.4. The summed E-state index contributed by atoms with van der Waals surface area (Å²) in [4.78, 5) is 30.0. The molecule has 0 aliphatic carbocycles. The van der Waals surface area contributed by atoms with Crippen molar-refractivity contribution in [1.29, 1.82) is 10.5 Å². The number of hydrogen-bond donors (Lipinski definition) is 0. The average Bonchev–Trinajstić information content (AvgIpc) is 4.12. The topological polar surface area (TPSA) is 161 Å². The third kappa shape index (κ3) is 10.3. The van der Waals surface area contributed by atoms with E-state index in [-0.39, 0.29) is 53.2 Å². The minimum absolute atomic E-state index is 0. The van der Waals surface area contributed by atoms with E-state index in [0.29, 0.717) is 51.1 Å². The van der Waals surface area contributed by atoms with Crippen LogP contribution in [0.5, 0.6) is 23.0 Å². The van der Waals surface area contributed by atoms with Gasteiger partial charge in [0.15, 0.2) is 11.4 Å². The van der Waals surface area contributed by atoms with Crippen LogP contribution in [-0.4, -0.2) is 80.6 Å². The number of halogens is 2. The summed E-state index contributed by atoms with van der Waals surface area (Å²) in [5.74, 6) is 2.15. The molecule has 64 heavy (non-hydrogen) atoms. The summed E-state index contributed by atoms with van der Waals surface area (Å²) < 4.78 is 27.1. The molecule has 0 saturated heterocycles. The van der Waals surface area contributed by atoms with E-state index in [1.165, 1.54) is 7.11 Å². The fourth-order valence-electron chi connectivity index (χ4n) is 6.54. The van der Waals surface area contributed by atoms with Crippen LogP contribution >= 0.6 is 58.9 Å². The minimum atomic E-state index is -0.356. The maximum absolute atomic E-state index is 13.3. The summed E-state index contributed by atoms with van der Waals surface area (Å²) in [6.45, 7) is 17.2. The molecular weight excluding hydrogens is 1130 g/mol. The van der Waals surface area contributed by atoms with Crippen LogP contribution in [0.2, 0.25) is 0 Å². The summed E-state index contributed by atoms with van der Waals surface area (Å²) in [5.41, 5.74) is 6.99. The molecule has 0 N–H and O–H groups in total. The number of methoxy groups -OCH3 is 2. The van der Waals surface area contributed by atoms with Crippen LogP contribution in [-0.2, 0) is 43.0 Å². The molecule has 0 spiro atoms. The number of ether oxygens (including phenoxy) is 4. The number of nitrogens with zero attached hydrogens (tertiary/aromatic N) is 8. The Labute approximate surface area is 419 Å². The van der Waals surface area contributed by atoms with E-state index in [0.717, 1.165) is 38.4 Å². The zero-order valence-electron chi connectivity index (χ0n) is 36.4. The van der Waals surface area contributed by atoms with E-state index >= 15 is 0 Å². The number of fused-ring (bicyclic) bond motifs is 6. The number of hydrogen-bond acceptors (Lipinski definition) is 12. The van der Waals surface area contributed by atoms with Crippen LogP contribution in [0.4, 0.5) is 0 Å². The fraction of sp³-hybridized carbons (Fsp3) is 0.318. The van der Waals surface area contributed by atoms with Crippen molar-refractivity contribution in [2.75, 3.05) is 28.3 Å². The Kier molecular flexibility index (Phi) is 17.8. The monoisotopic (exact) mass is 1180 g/mol. The normalized spacial score (nSPS) is 11.7. The quantitative estimate of drug-likeness (QED) is 0.0892. The molecule has 2 aromatic carbocycles. The average molecular weight is 1180 g/mol. The summed E-state index contributed by atoms with van der Waals surface area (Å²) in [6, 6.07) is 13.4. The van der Waals surface area contributed by atoms with Gasteiger partial charge in [0.05, 0.1) is 47.0 Å². The van der Waals surface area contributed by atoms with Gasteiger partial charge in [-0.15, -0.1) is 0 Å². The van der Waals surface area contributed by atoms with Crippen molar-refractivity contribution in [3.8, 4) is 63.0 Å². The number of benzene rings is 2. The van der Waals surface area contributed by atoms with Gasteiger partial charge in [0.1, 0.15) is 42.3 Å². The molecule has 344 valence electrons. The zero-order chi connectivity index (χ0) is 46.6. The Hall–Kier alpha value is -4.37. The predicted octanol–water partition coefficient (Wildman–Crippen LogP) is 10.4. The van der Waals surface area contributed by atoms with Crippen molar-refractivity contribution in [2.24, 2.45) is 0 Å². The SMILES string of the molecule is COc1cc2c(cc1Br)-c1c(c(C(=O)N(C)C(C)(C)C)nn1-c1ccsc1)CO2.COc1cc2c(cc1C#N)-c1c(c(C(=O)N(C)C(C)(C)C)nn1-c1ccsc1)CO2.[C-]#N.[Cu+].[Cu][I]. The Balaban J connectivity index is 0.000000257. The van der Waals surface area contributed by atoms with Gasteiger partial charge in [0.25, 0.3) is 11.8 Å². The second kappa shape index (κ2) is 21.7. The van der Waals surface area contributed by atoms with Gasteiger partial charge >= 0.3 is 50.2 Å². The maximum atomic E-state index is 13.3. The zero-order valence-corrected chi connectivity index (χ0v) is 43.7. The molecule has 2 aliphatic heterocycles.